The Bertz CT molecular complexity index is 806. The minimum Gasteiger partial charge on any atom is -0.366 e. The zero-order valence-corrected chi connectivity index (χ0v) is 15.7. The number of nitrogens with one attached hydrogen (secondary N) is 1. The van der Waals surface area contributed by atoms with Gasteiger partial charge in [-0.3, -0.25) is 4.79 Å². The van der Waals surface area contributed by atoms with Gasteiger partial charge < -0.3 is 11.1 Å². The number of carbonyl (C=O) groups is 1. The first-order valence-corrected chi connectivity index (χ1v) is 8.87. The van der Waals surface area contributed by atoms with Crippen molar-refractivity contribution in [3.63, 3.8) is 0 Å². The van der Waals surface area contributed by atoms with Crippen molar-refractivity contribution in [2.24, 2.45) is 5.73 Å². The van der Waals surface area contributed by atoms with Crippen LogP contribution in [0.15, 0.2) is 37.0 Å². The minimum absolute atomic E-state index is 0.418. The molecule has 1 amide bonds. The maximum atomic E-state index is 12.0. The molecule has 2 aromatic carbocycles. The van der Waals surface area contributed by atoms with E-state index < -0.39 is 5.91 Å². The Morgan fingerprint density at radius 2 is 1.92 bits per heavy atom. The third-order valence-electron chi connectivity index (χ3n) is 4.47. The largest absolute Gasteiger partial charge is 0.366 e. The van der Waals surface area contributed by atoms with Crippen molar-refractivity contribution in [3.05, 3.63) is 64.9 Å². The smallest absolute Gasteiger partial charge is 0.251 e. The van der Waals surface area contributed by atoms with Crippen LogP contribution in [-0.2, 0) is 12.8 Å². The van der Waals surface area contributed by atoms with Crippen molar-refractivity contribution in [1.29, 1.82) is 0 Å². The fraction of sp³-hybridized carbons (Fsp3) is 0.318. The average molecular weight is 336 g/mol. The fourth-order valence-corrected chi connectivity index (χ4v) is 3.51. The summed E-state index contributed by atoms with van der Waals surface area (Å²) in [5.74, 6) is -0.418. The van der Waals surface area contributed by atoms with Gasteiger partial charge in [0.15, 0.2) is 0 Å². The molecule has 0 heterocycles. The summed E-state index contributed by atoms with van der Waals surface area (Å²) in [6.07, 6.45) is 4.57. The Labute approximate surface area is 150 Å². The summed E-state index contributed by atoms with van der Waals surface area (Å²) < 4.78 is 0. The van der Waals surface area contributed by atoms with Crippen LogP contribution in [0.25, 0.3) is 11.1 Å². The van der Waals surface area contributed by atoms with Gasteiger partial charge in [0.1, 0.15) is 0 Å². The van der Waals surface area contributed by atoms with Crippen molar-refractivity contribution < 1.29 is 4.79 Å². The molecule has 0 aliphatic rings. The van der Waals surface area contributed by atoms with Gasteiger partial charge in [-0.25, -0.2) is 0 Å². The molecular formula is C22H28N2O. The predicted octanol–water partition coefficient (Wildman–Crippen LogP) is 5.14. The lowest BCUT2D eigenvalue weighted by molar-refractivity contribution is 0.100. The van der Waals surface area contributed by atoms with Crippen LogP contribution >= 0.6 is 0 Å². The molecule has 0 fully saturated rings. The predicted molar refractivity (Wildman–Crippen MR) is 107 cm³/mol. The molecule has 0 saturated carbocycles. The van der Waals surface area contributed by atoms with E-state index in [1.165, 1.54) is 16.7 Å². The molecule has 0 spiro atoms. The van der Waals surface area contributed by atoms with E-state index in [1.54, 1.807) is 6.20 Å². The molecule has 132 valence electrons. The molecular weight excluding hydrogens is 308 g/mol. The van der Waals surface area contributed by atoms with Gasteiger partial charge in [-0.15, -0.1) is 0 Å². The van der Waals surface area contributed by atoms with Gasteiger partial charge in [-0.2, -0.15) is 0 Å². The van der Waals surface area contributed by atoms with Crippen molar-refractivity contribution in [3.8, 4) is 11.1 Å². The van der Waals surface area contributed by atoms with Crippen LogP contribution in [0, 0.1) is 13.8 Å². The number of carbonyl (C=O) groups excluding carboxylic acids is 1. The molecule has 2 rings (SSSR count). The summed E-state index contributed by atoms with van der Waals surface area (Å²) in [6.45, 7) is 12.1. The molecule has 0 aromatic heterocycles. The molecule has 0 aliphatic heterocycles. The molecule has 3 heteroatoms. The van der Waals surface area contributed by atoms with E-state index in [9.17, 15) is 4.79 Å². The zero-order chi connectivity index (χ0) is 18.6. The summed E-state index contributed by atoms with van der Waals surface area (Å²) in [6, 6.07) is 8.78. The lowest BCUT2D eigenvalue weighted by Crippen LogP contribution is -2.17. The second-order valence-electron chi connectivity index (χ2n) is 6.49. The van der Waals surface area contributed by atoms with Crippen LogP contribution in [-0.4, -0.2) is 5.91 Å². The molecule has 3 N–H and O–H groups in total. The van der Waals surface area contributed by atoms with E-state index in [4.69, 9.17) is 5.73 Å². The van der Waals surface area contributed by atoms with Gasteiger partial charge >= 0.3 is 0 Å². The minimum atomic E-state index is -0.418. The summed E-state index contributed by atoms with van der Waals surface area (Å²) in [7, 11) is 0. The van der Waals surface area contributed by atoms with Crippen LogP contribution in [0.5, 0.6) is 0 Å². The first-order chi connectivity index (χ1) is 11.9. The Balaban J connectivity index is 2.78. The van der Waals surface area contributed by atoms with E-state index in [0.717, 1.165) is 41.6 Å². The number of hydrogen-bond donors (Lipinski definition) is 2. The maximum Gasteiger partial charge on any atom is 0.251 e. The fourth-order valence-electron chi connectivity index (χ4n) is 3.51. The van der Waals surface area contributed by atoms with Gasteiger partial charge in [0.25, 0.3) is 5.91 Å². The quantitative estimate of drug-likeness (QED) is 0.735. The van der Waals surface area contributed by atoms with Crippen molar-refractivity contribution in [2.75, 3.05) is 5.32 Å². The van der Waals surface area contributed by atoms with Crippen LogP contribution in [0.4, 0.5) is 5.69 Å². The number of primary amides is 1. The number of amides is 1. The number of hydrogen-bond acceptors (Lipinski definition) is 2. The van der Waals surface area contributed by atoms with E-state index in [-0.39, 0.29) is 0 Å². The van der Waals surface area contributed by atoms with Gasteiger partial charge in [-0.1, -0.05) is 56.7 Å². The number of aryl methyl sites for hydroxylation is 3. The Morgan fingerprint density at radius 1 is 1.20 bits per heavy atom. The highest BCUT2D eigenvalue weighted by atomic mass is 16.1. The second-order valence-corrected chi connectivity index (χ2v) is 6.49. The molecule has 25 heavy (non-hydrogen) atoms. The van der Waals surface area contributed by atoms with E-state index >= 15 is 0 Å². The Morgan fingerprint density at radius 3 is 2.48 bits per heavy atom. The number of nitrogens with two attached hydrogens (primary N) is 1. The molecule has 0 unspecified atom stereocenters. The van der Waals surface area contributed by atoms with E-state index in [1.807, 2.05) is 6.92 Å². The van der Waals surface area contributed by atoms with Gasteiger partial charge in [0, 0.05) is 0 Å². The molecule has 2 aromatic rings. The molecule has 3 nitrogen and oxygen atoms in total. The van der Waals surface area contributed by atoms with Gasteiger partial charge in [0.05, 0.1) is 11.3 Å². The second kappa shape index (κ2) is 8.02. The number of anilines is 1. The summed E-state index contributed by atoms with van der Waals surface area (Å²) in [5.41, 5.74) is 13.8. The standard InChI is InChI=1S/C22H28N2O/c1-6-9-16-10-14(4)11-17(13-16)19-12-15(5)20(22(23)25)21(24-8-3)18(19)7-2/h8,10-13,24H,3,6-7,9H2,1-2,4-5H3,(H2,23,25). The molecule has 0 radical (unpaired) electrons. The van der Waals surface area contributed by atoms with E-state index in [0.29, 0.717) is 5.56 Å². The Kier molecular flexibility index (Phi) is 6.02. The van der Waals surface area contributed by atoms with Gasteiger partial charge in [-0.05, 0) is 60.7 Å². The molecule has 0 atom stereocenters. The number of rotatable bonds is 7. The molecule has 0 aliphatic carbocycles. The van der Waals surface area contributed by atoms with Crippen molar-refractivity contribution in [2.45, 2.75) is 47.0 Å². The number of benzene rings is 2. The average Bonchev–Trinajstić information content (AvgIpc) is 2.54. The third-order valence-corrected chi connectivity index (χ3v) is 4.47. The van der Waals surface area contributed by atoms with Crippen LogP contribution in [0.3, 0.4) is 0 Å². The first kappa shape index (κ1) is 18.8. The van der Waals surface area contributed by atoms with Crippen molar-refractivity contribution >= 4 is 11.6 Å². The molecule has 0 bridgehead atoms. The third kappa shape index (κ3) is 3.93. The van der Waals surface area contributed by atoms with Crippen molar-refractivity contribution in [1.82, 2.24) is 0 Å². The summed E-state index contributed by atoms with van der Waals surface area (Å²) in [4.78, 5) is 12.0. The highest BCUT2D eigenvalue weighted by molar-refractivity contribution is 6.02. The summed E-state index contributed by atoms with van der Waals surface area (Å²) >= 11 is 0. The summed E-state index contributed by atoms with van der Waals surface area (Å²) in [5, 5.41) is 3.15. The maximum absolute atomic E-state index is 12.0. The zero-order valence-electron chi connectivity index (χ0n) is 15.7. The first-order valence-electron chi connectivity index (χ1n) is 8.87. The monoisotopic (exact) mass is 336 g/mol. The van der Waals surface area contributed by atoms with Gasteiger partial charge in [0.2, 0.25) is 0 Å². The topological polar surface area (TPSA) is 55.1 Å². The lowest BCUT2D eigenvalue weighted by atomic mass is 9.88. The Hall–Kier alpha value is -2.55. The normalized spacial score (nSPS) is 10.6. The van der Waals surface area contributed by atoms with Crippen LogP contribution < -0.4 is 11.1 Å². The highest BCUT2D eigenvalue weighted by Crippen LogP contribution is 2.36. The van der Waals surface area contributed by atoms with E-state index in [2.05, 4.69) is 56.9 Å². The lowest BCUT2D eigenvalue weighted by Gasteiger charge is -2.20. The highest BCUT2D eigenvalue weighted by Gasteiger charge is 2.19. The van der Waals surface area contributed by atoms with Crippen LogP contribution in [0.1, 0.15) is 52.9 Å². The molecule has 0 saturated heterocycles. The van der Waals surface area contributed by atoms with Crippen LogP contribution in [0.2, 0.25) is 0 Å². The SMILES string of the molecule is C=CNc1c(CC)c(-c2cc(C)cc(CCC)c2)cc(C)c1C(N)=O.